The van der Waals surface area contributed by atoms with Crippen LogP contribution in [0.15, 0.2) is 18.2 Å². The average molecular weight is 475 g/mol. The topological polar surface area (TPSA) is 96.4 Å². The van der Waals surface area contributed by atoms with Crippen LogP contribution in [0.2, 0.25) is 18.1 Å². The van der Waals surface area contributed by atoms with Crippen molar-refractivity contribution in [2.24, 2.45) is 0 Å². The van der Waals surface area contributed by atoms with E-state index >= 15 is 0 Å². The lowest BCUT2D eigenvalue weighted by molar-refractivity contribution is 0.139. The van der Waals surface area contributed by atoms with Gasteiger partial charge in [0.15, 0.2) is 8.32 Å². The largest absolute Gasteiger partial charge is 0.444 e. The van der Waals surface area contributed by atoms with Crippen LogP contribution in [-0.2, 0) is 19.3 Å². The molecule has 1 aromatic carbocycles. The molecule has 3 rings (SSSR count). The highest BCUT2D eigenvalue weighted by atomic mass is 32.2. The zero-order valence-electron chi connectivity index (χ0n) is 18.6. The monoisotopic (exact) mass is 474 g/mol. The van der Waals surface area contributed by atoms with E-state index in [0.717, 1.165) is 0 Å². The van der Waals surface area contributed by atoms with Gasteiger partial charge >= 0.3 is 6.09 Å². The lowest BCUT2D eigenvalue weighted by Crippen LogP contribution is -2.58. The SMILES string of the molecule is CC(C)(C)[Si](C)(C)OC1CN(c2ccc(N3C[C@@H](CCS(=O)(=O)O)OC3=O)cc2F)C1. The molecule has 1 N–H and O–H groups in total. The summed E-state index contributed by atoms with van der Waals surface area (Å²) in [5.74, 6) is -0.948. The van der Waals surface area contributed by atoms with Gasteiger partial charge in [0.2, 0.25) is 0 Å². The molecule has 0 saturated carbocycles. The standard InChI is InChI=1S/C20H31FN2O6SSi/c1-20(2,3)31(4,5)29-16-11-22(12-16)18-7-6-14(10-17(18)21)23-13-15(28-19(23)24)8-9-30(25,26)27/h6-7,10,15-16H,8-9,11-13H2,1-5H3,(H,25,26,27)/t15-/m1/s1. The minimum Gasteiger partial charge on any atom is -0.444 e. The molecule has 0 bridgehead atoms. The molecule has 1 atom stereocenters. The number of carbonyl (C=O) groups is 1. The fourth-order valence-corrected chi connectivity index (χ4v) is 5.28. The van der Waals surface area contributed by atoms with Gasteiger partial charge in [0, 0.05) is 19.5 Å². The van der Waals surface area contributed by atoms with E-state index in [2.05, 4.69) is 33.9 Å². The van der Waals surface area contributed by atoms with Gasteiger partial charge in [-0.15, -0.1) is 0 Å². The molecule has 1 aromatic rings. The van der Waals surface area contributed by atoms with Crippen molar-refractivity contribution in [1.82, 2.24) is 0 Å². The smallest absolute Gasteiger partial charge is 0.414 e. The van der Waals surface area contributed by atoms with E-state index in [1.807, 2.05) is 4.90 Å². The second-order valence-corrected chi connectivity index (χ2v) is 16.1. The maximum atomic E-state index is 14.8. The molecular weight excluding hydrogens is 443 g/mol. The Balaban J connectivity index is 1.60. The van der Waals surface area contributed by atoms with Gasteiger partial charge in [0.1, 0.15) is 11.9 Å². The summed E-state index contributed by atoms with van der Waals surface area (Å²) in [6.45, 7) is 12.3. The summed E-state index contributed by atoms with van der Waals surface area (Å²) in [5.41, 5.74) is 0.796. The molecule has 2 heterocycles. The second kappa shape index (κ2) is 8.34. The number of benzene rings is 1. The van der Waals surface area contributed by atoms with Crippen LogP contribution in [0.4, 0.5) is 20.6 Å². The van der Waals surface area contributed by atoms with Gasteiger partial charge < -0.3 is 14.1 Å². The number of amides is 1. The van der Waals surface area contributed by atoms with E-state index in [9.17, 15) is 17.6 Å². The third kappa shape index (κ3) is 5.57. The Kier molecular flexibility index (Phi) is 6.45. The summed E-state index contributed by atoms with van der Waals surface area (Å²) in [7, 11) is -6.01. The highest BCUT2D eigenvalue weighted by Gasteiger charge is 2.42. The number of rotatable bonds is 7. The Morgan fingerprint density at radius 3 is 2.45 bits per heavy atom. The van der Waals surface area contributed by atoms with Crippen LogP contribution in [0.25, 0.3) is 0 Å². The molecule has 0 radical (unpaired) electrons. The van der Waals surface area contributed by atoms with Gasteiger partial charge in [0.25, 0.3) is 10.1 Å². The first-order valence-corrected chi connectivity index (χ1v) is 14.8. The van der Waals surface area contributed by atoms with E-state index < -0.39 is 42.2 Å². The molecule has 11 heteroatoms. The molecule has 0 aliphatic carbocycles. The molecule has 2 aliphatic heterocycles. The normalized spacial score (nSPS) is 20.7. The van der Waals surface area contributed by atoms with Gasteiger partial charge in [-0.2, -0.15) is 8.42 Å². The lowest BCUT2D eigenvalue weighted by atomic mass is 10.1. The average Bonchev–Trinajstić information content (AvgIpc) is 2.96. The molecule has 1 amide bonds. The van der Waals surface area contributed by atoms with E-state index in [4.69, 9.17) is 13.7 Å². The molecule has 2 aliphatic rings. The molecular formula is C20H31FN2O6SSi. The summed E-state index contributed by atoms with van der Waals surface area (Å²) >= 11 is 0. The number of anilines is 2. The zero-order valence-corrected chi connectivity index (χ0v) is 20.4. The fourth-order valence-electron chi connectivity index (χ4n) is 3.39. The van der Waals surface area contributed by atoms with Gasteiger partial charge in [0.05, 0.1) is 29.8 Å². The van der Waals surface area contributed by atoms with Crippen molar-refractivity contribution in [3.8, 4) is 0 Å². The van der Waals surface area contributed by atoms with E-state index in [0.29, 0.717) is 24.5 Å². The summed E-state index contributed by atoms with van der Waals surface area (Å²) < 4.78 is 56.9. The lowest BCUT2D eigenvalue weighted by Gasteiger charge is -2.47. The van der Waals surface area contributed by atoms with Gasteiger partial charge in [-0.3, -0.25) is 9.45 Å². The van der Waals surface area contributed by atoms with Crippen LogP contribution in [0.1, 0.15) is 27.2 Å². The second-order valence-electron chi connectivity index (χ2n) is 9.73. The third-order valence-electron chi connectivity index (χ3n) is 6.27. The number of halogens is 1. The maximum Gasteiger partial charge on any atom is 0.414 e. The van der Waals surface area contributed by atoms with Crippen LogP contribution >= 0.6 is 0 Å². The van der Waals surface area contributed by atoms with Gasteiger partial charge in [-0.05, 0) is 36.3 Å². The summed E-state index contributed by atoms with van der Waals surface area (Å²) in [4.78, 5) is 15.3. The van der Waals surface area contributed by atoms with Gasteiger partial charge in [-0.25, -0.2) is 9.18 Å². The molecule has 8 nitrogen and oxygen atoms in total. The molecule has 0 aromatic heterocycles. The molecule has 2 fully saturated rings. The van der Waals surface area contributed by atoms with Gasteiger partial charge in [-0.1, -0.05) is 20.8 Å². The molecule has 2 saturated heterocycles. The Hall–Kier alpha value is -1.69. The first-order chi connectivity index (χ1) is 14.2. The number of hydrogen-bond acceptors (Lipinski definition) is 6. The van der Waals surface area contributed by atoms with Crippen molar-refractivity contribution in [3.63, 3.8) is 0 Å². The number of hydrogen-bond donors (Lipinski definition) is 1. The van der Waals surface area contributed by atoms with Crippen LogP contribution in [0.3, 0.4) is 0 Å². The molecule has 31 heavy (non-hydrogen) atoms. The first-order valence-electron chi connectivity index (χ1n) is 10.3. The van der Waals surface area contributed by atoms with E-state index in [1.54, 1.807) is 12.1 Å². The fraction of sp³-hybridized carbons (Fsp3) is 0.650. The number of nitrogens with zero attached hydrogens (tertiary/aromatic N) is 2. The minimum absolute atomic E-state index is 0.0228. The first kappa shape index (κ1) is 24.0. The Morgan fingerprint density at radius 2 is 1.90 bits per heavy atom. The predicted molar refractivity (Wildman–Crippen MR) is 119 cm³/mol. The Labute approximate surface area is 184 Å². The minimum atomic E-state index is -4.14. The molecule has 0 unspecified atom stereocenters. The third-order valence-corrected chi connectivity index (χ3v) is 11.6. The van der Waals surface area contributed by atoms with Crippen molar-refractivity contribution in [2.75, 3.05) is 35.2 Å². The Morgan fingerprint density at radius 1 is 1.26 bits per heavy atom. The summed E-state index contributed by atoms with van der Waals surface area (Å²) in [5, 5.41) is 0.115. The Bertz CT molecular complexity index is 943. The highest BCUT2D eigenvalue weighted by Crippen LogP contribution is 2.39. The van der Waals surface area contributed by atoms with Crippen molar-refractivity contribution in [3.05, 3.63) is 24.0 Å². The van der Waals surface area contributed by atoms with Crippen molar-refractivity contribution < 1.29 is 31.3 Å². The zero-order chi connectivity index (χ0) is 23.2. The van der Waals surface area contributed by atoms with Crippen LogP contribution in [0.5, 0.6) is 0 Å². The number of ether oxygens (including phenoxy) is 1. The van der Waals surface area contributed by atoms with E-state index in [-0.39, 0.29) is 24.1 Å². The van der Waals surface area contributed by atoms with Crippen molar-refractivity contribution in [2.45, 2.75) is 57.5 Å². The maximum absolute atomic E-state index is 14.8. The van der Waals surface area contributed by atoms with Crippen LogP contribution in [-0.4, -0.2) is 65.0 Å². The molecule has 174 valence electrons. The molecule has 0 spiro atoms. The highest BCUT2D eigenvalue weighted by molar-refractivity contribution is 7.85. The summed E-state index contributed by atoms with van der Waals surface area (Å²) in [6, 6.07) is 4.56. The number of carbonyl (C=O) groups excluding carboxylic acids is 1. The van der Waals surface area contributed by atoms with Crippen LogP contribution < -0.4 is 9.80 Å². The quantitative estimate of drug-likeness (QED) is 0.476. The summed E-state index contributed by atoms with van der Waals surface area (Å²) in [6.07, 6.45) is -1.29. The van der Waals surface area contributed by atoms with Crippen molar-refractivity contribution in [1.29, 1.82) is 0 Å². The van der Waals surface area contributed by atoms with E-state index in [1.165, 1.54) is 11.0 Å². The predicted octanol–water partition coefficient (Wildman–Crippen LogP) is 3.64. The van der Waals surface area contributed by atoms with Crippen LogP contribution in [0, 0.1) is 5.82 Å². The number of cyclic esters (lactones) is 1. The van der Waals surface area contributed by atoms with Crippen molar-refractivity contribution >= 4 is 35.9 Å².